The highest BCUT2D eigenvalue weighted by Gasteiger charge is 2.17. The lowest BCUT2D eigenvalue weighted by Crippen LogP contribution is -1.98. The first kappa shape index (κ1) is 29.0. The second-order valence-electron chi connectivity index (χ2n) is 12.7. The number of hydrogen-bond acceptors (Lipinski definition) is 4. The van der Waals surface area contributed by atoms with Gasteiger partial charge in [-0.3, -0.25) is 0 Å². The van der Waals surface area contributed by atoms with Crippen LogP contribution in [0.3, 0.4) is 0 Å². The molecule has 0 bridgehead atoms. The second kappa shape index (κ2) is 11.9. The second-order valence-corrected chi connectivity index (χ2v) is 12.7. The minimum absolute atomic E-state index is 0.652. The van der Waals surface area contributed by atoms with E-state index in [1.165, 1.54) is 27.4 Å². The SMILES string of the molecule is c1ccc(-c2nc(-c3ncnc4ccccc34)cc(-c3ccc(-c4ccc(-n5c6ccccc6c6ccccc65)cc4)c4ccccc34)n2)cc1. The van der Waals surface area contributed by atoms with Crippen molar-refractivity contribution < 1.29 is 0 Å². The molecule has 0 atom stereocenters. The molecular formula is C46H29N5. The zero-order valence-electron chi connectivity index (χ0n) is 27.5. The number of rotatable bonds is 5. The number of nitrogens with zero attached hydrogens (tertiary/aromatic N) is 5. The maximum atomic E-state index is 5.16. The molecule has 0 radical (unpaired) electrons. The molecule has 0 saturated heterocycles. The largest absolute Gasteiger partial charge is 0.309 e. The lowest BCUT2D eigenvalue weighted by Gasteiger charge is -2.15. The van der Waals surface area contributed by atoms with Crippen molar-refractivity contribution in [3.8, 4) is 50.8 Å². The Balaban J connectivity index is 1.12. The van der Waals surface area contributed by atoms with E-state index in [4.69, 9.17) is 15.0 Å². The Hall–Kier alpha value is -6.98. The van der Waals surface area contributed by atoms with E-state index in [2.05, 4.69) is 125 Å². The summed E-state index contributed by atoms with van der Waals surface area (Å²) in [6, 6.07) is 59.4. The third kappa shape index (κ3) is 4.86. The van der Waals surface area contributed by atoms with E-state index in [1.54, 1.807) is 6.33 Å². The molecule has 0 amide bonds. The molecule has 0 aliphatic heterocycles. The maximum Gasteiger partial charge on any atom is 0.160 e. The average molecular weight is 652 g/mol. The van der Waals surface area contributed by atoms with Gasteiger partial charge in [-0.15, -0.1) is 0 Å². The standard InChI is InChI=1S/C46H29N5/c1-2-12-31(13-3-1)46-49-41(28-42(50-46)45-39-18-6-9-19-40(39)47-29-48-45)36-27-26-33(34-14-4-5-15-35(34)36)30-22-24-32(25-23-30)51-43-20-10-7-16-37(43)38-17-8-11-21-44(38)51/h1-29H. The third-order valence-electron chi connectivity index (χ3n) is 9.76. The fourth-order valence-corrected chi connectivity index (χ4v) is 7.40. The molecule has 0 saturated carbocycles. The normalized spacial score (nSPS) is 11.5. The van der Waals surface area contributed by atoms with Crippen LogP contribution >= 0.6 is 0 Å². The molecule has 0 fully saturated rings. The van der Waals surface area contributed by atoms with Crippen LogP contribution in [0.15, 0.2) is 176 Å². The Labute approximate surface area is 294 Å². The lowest BCUT2D eigenvalue weighted by molar-refractivity contribution is 1.15. The fraction of sp³-hybridized carbons (Fsp3) is 0. The van der Waals surface area contributed by atoms with Gasteiger partial charge >= 0.3 is 0 Å². The Morgan fingerprint density at radius 1 is 0.392 bits per heavy atom. The van der Waals surface area contributed by atoms with Crippen molar-refractivity contribution in [1.82, 2.24) is 24.5 Å². The van der Waals surface area contributed by atoms with Gasteiger partial charge < -0.3 is 4.57 Å². The molecule has 0 N–H and O–H groups in total. The first-order valence-corrected chi connectivity index (χ1v) is 17.1. The van der Waals surface area contributed by atoms with E-state index in [0.717, 1.165) is 61.1 Å². The van der Waals surface area contributed by atoms with Gasteiger partial charge in [0.05, 0.1) is 27.9 Å². The predicted octanol–water partition coefficient (Wildman–Crippen LogP) is 11.3. The molecule has 0 spiro atoms. The van der Waals surface area contributed by atoms with Crippen LogP contribution in [-0.4, -0.2) is 24.5 Å². The van der Waals surface area contributed by atoms with Crippen LogP contribution in [0.4, 0.5) is 0 Å². The highest BCUT2D eigenvalue weighted by molar-refractivity contribution is 6.09. The fourth-order valence-electron chi connectivity index (χ4n) is 7.40. The summed E-state index contributed by atoms with van der Waals surface area (Å²) in [5.74, 6) is 0.652. The van der Waals surface area contributed by atoms with Gasteiger partial charge in [-0.25, -0.2) is 19.9 Å². The number of hydrogen-bond donors (Lipinski definition) is 0. The molecule has 10 rings (SSSR count). The van der Waals surface area contributed by atoms with E-state index in [9.17, 15) is 0 Å². The third-order valence-corrected chi connectivity index (χ3v) is 9.76. The summed E-state index contributed by atoms with van der Waals surface area (Å²) in [5.41, 5.74) is 11.1. The van der Waals surface area contributed by atoms with Gasteiger partial charge in [-0.1, -0.05) is 133 Å². The zero-order valence-corrected chi connectivity index (χ0v) is 27.5. The van der Waals surface area contributed by atoms with Gasteiger partial charge in [0.1, 0.15) is 12.0 Å². The Morgan fingerprint density at radius 2 is 0.961 bits per heavy atom. The van der Waals surface area contributed by atoms with Crippen LogP contribution in [-0.2, 0) is 0 Å². The molecule has 0 aliphatic carbocycles. The monoisotopic (exact) mass is 651 g/mol. The Kier molecular flexibility index (Phi) is 6.74. The molecule has 0 unspecified atom stereocenters. The van der Waals surface area contributed by atoms with Crippen molar-refractivity contribution in [3.05, 3.63) is 176 Å². The summed E-state index contributed by atoms with van der Waals surface area (Å²) in [6.07, 6.45) is 1.61. The van der Waals surface area contributed by atoms with E-state index < -0.39 is 0 Å². The molecule has 3 heterocycles. The van der Waals surface area contributed by atoms with E-state index in [0.29, 0.717) is 5.82 Å². The summed E-state index contributed by atoms with van der Waals surface area (Å²) in [7, 11) is 0. The number of aromatic nitrogens is 5. The van der Waals surface area contributed by atoms with Crippen molar-refractivity contribution in [3.63, 3.8) is 0 Å². The number of fused-ring (bicyclic) bond motifs is 5. The zero-order chi connectivity index (χ0) is 33.7. The van der Waals surface area contributed by atoms with Gasteiger partial charge in [0, 0.05) is 33.0 Å². The maximum absolute atomic E-state index is 5.16. The van der Waals surface area contributed by atoms with Gasteiger partial charge in [-0.05, 0) is 58.3 Å². The quantitative estimate of drug-likeness (QED) is 0.186. The molecule has 7 aromatic carbocycles. The van der Waals surface area contributed by atoms with Crippen molar-refractivity contribution in [2.75, 3.05) is 0 Å². The van der Waals surface area contributed by atoms with Crippen LogP contribution in [0.2, 0.25) is 0 Å². The smallest absolute Gasteiger partial charge is 0.160 e. The molecule has 0 aliphatic rings. The van der Waals surface area contributed by atoms with Crippen molar-refractivity contribution in [2.45, 2.75) is 0 Å². The van der Waals surface area contributed by atoms with E-state index >= 15 is 0 Å². The van der Waals surface area contributed by atoms with Crippen molar-refractivity contribution in [1.29, 1.82) is 0 Å². The predicted molar refractivity (Wildman–Crippen MR) is 209 cm³/mol. The van der Waals surface area contributed by atoms with E-state index in [1.807, 2.05) is 54.6 Å². The summed E-state index contributed by atoms with van der Waals surface area (Å²) < 4.78 is 2.35. The van der Waals surface area contributed by atoms with Gasteiger partial charge in [0.2, 0.25) is 0 Å². The average Bonchev–Trinajstić information content (AvgIpc) is 3.55. The van der Waals surface area contributed by atoms with Gasteiger partial charge in [0.15, 0.2) is 5.82 Å². The first-order valence-electron chi connectivity index (χ1n) is 17.1. The van der Waals surface area contributed by atoms with Crippen molar-refractivity contribution in [2.24, 2.45) is 0 Å². The van der Waals surface area contributed by atoms with Crippen LogP contribution in [0.1, 0.15) is 0 Å². The van der Waals surface area contributed by atoms with Crippen LogP contribution in [0.5, 0.6) is 0 Å². The molecule has 10 aromatic rings. The molecule has 3 aromatic heterocycles. The molecule has 238 valence electrons. The first-order chi connectivity index (χ1) is 25.3. The lowest BCUT2D eigenvalue weighted by atomic mass is 9.93. The van der Waals surface area contributed by atoms with Crippen LogP contribution < -0.4 is 0 Å². The van der Waals surface area contributed by atoms with Crippen LogP contribution in [0.25, 0.3) is 94.3 Å². The Morgan fingerprint density at radius 3 is 1.69 bits per heavy atom. The van der Waals surface area contributed by atoms with Crippen molar-refractivity contribution >= 4 is 43.5 Å². The topological polar surface area (TPSA) is 56.5 Å². The number of benzene rings is 7. The summed E-state index contributed by atoms with van der Waals surface area (Å²) in [5, 5.41) is 5.75. The number of para-hydroxylation sites is 3. The van der Waals surface area contributed by atoms with E-state index in [-0.39, 0.29) is 0 Å². The van der Waals surface area contributed by atoms with Gasteiger partial charge in [-0.2, -0.15) is 0 Å². The summed E-state index contributed by atoms with van der Waals surface area (Å²) >= 11 is 0. The summed E-state index contributed by atoms with van der Waals surface area (Å²) in [6.45, 7) is 0. The molecular weight excluding hydrogens is 623 g/mol. The highest BCUT2D eigenvalue weighted by atomic mass is 15.0. The summed E-state index contributed by atoms with van der Waals surface area (Å²) in [4.78, 5) is 19.4. The minimum Gasteiger partial charge on any atom is -0.309 e. The molecule has 51 heavy (non-hydrogen) atoms. The highest BCUT2D eigenvalue weighted by Crippen LogP contribution is 2.38. The van der Waals surface area contributed by atoms with Crippen LogP contribution in [0, 0.1) is 0 Å². The molecule has 5 nitrogen and oxygen atoms in total. The molecule has 5 heteroatoms. The van der Waals surface area contributed by atoms with Gasteiger partial charge in [0.25, 0.3) is 0 Å². The Bertz CT molecular complexity index is 2850. The minimum atomic E-state index is 0.652.